The van der Waals surface area contributed by atoms with Crippen LogP contribution in [0.5, 0.6) is 0 Å². The van der Waals surface area contributed by atoms with E-state index in [1.807, 2.05) is 30.3 Å². The van der Waals surface area contributed by atoms with Crippen LogP contribution in [0, 0.1) is 0 Å². The highest BCUT2D eigenvalue weighted by atomic mass is 32.2. The number of primary sulfonamides is 1. The summed E-state index contributed by atoms with van der Waals surface area (Å²) in [5.41, 5.74) is 2.02. The molecule has 1 aliphatic rings. The summed E-state index contributed by atoms with van der Waals surface area (Å²) >= 11 is 0. The fraction of sp³-hybridized carbons (Fsp3) is 0.333. The summed E-state index contributed by atoms with van der Waals surface area (Å²) in [6.45, 7) is 0.684. The predicted octanol–water partition coefficient (Wildman–Crippen LogP) is 0.667. The Hall–Kier alpha value is -1.99. The fourth-order valence-corrected chi connectivity index (χ4v) is 3.48. The maximum atomic E-state index is 11.9. The van der Waals surface area contributed by atoms with Crippen LogP contribution in [0.4, 0.5) is 0 Å². The normalized spacial score (nSPS) is 19.0. The van der Waals surface area contributed by atoms with Gasteiger partial charge < -0.3 is 4.90 Å². The van der Waals surface area contributed by atoms with E-state index in [1.165, 1.54) is 0 Å². The van der Waals surface area contributed by atoms with Gasteiger partial charge in [0.2, 0.25) is 15.9 Å². The number of benzene rings is 1. The molecule has 1 atom stereocenters. The quantitative estimate of drug-likeness (QED) is 0.896. The molecule has 3 rings (SSSR count). The topological polar surface area (TPSA) is 93.4 Å². The molecule has 0 spiro atoms. The lowest BCUT2D eigenvalue weighted by atomic mass is 10.1. The zero-order valence-electron chi connectivity index (χ0n) is 12.0. The Labute approximate surface area is 129 Å². The van der Waals surface area contributed by atoms with Gasteiger partial charge in [-0.15, -0.1) is 0 Å². The molecule has 1 saturated heterocycles. The first-order valence-corrected chi connectivity index (χ1v) is 8.67. The van der Waals surface area contributed by atoms with Gasteiger partial charge in [-0.3, -0.25) is 9.78 Å². The number of carbonyl (C=O) groups is 1. The Bertz CT molecular complexity index is 820. The molecule has 1 unspecified atom stereocenters. The number of rotatable bonds is 4. The molecule has 1 aromatic heterocycles. The van der Waals surface area contributed by atoms with E-state index in [0.717, 1.165) is 16.5 Å². The molecule has 1 aromatic carbocycles. The zero-order valence-corrected chi connectivity index (χ0v) is 12.8. The van der Waals surface area contributed by atoms with E-state index in [2.05, 4.69) is 4.98 Å². The molecule has 1 aliphatic heterocycles. The number of aromatic nitrogens is 1. The number of hydrogen-bond acceptors (Lipinski definition) is 4. The van der Waals surface area contributed by atoms with Gasteiger partial charge in [-0.25, -0.2) is 13.6 Å². The van der Waals surface area contributed by atoms with Crippen molar-refractivity contribution in [2.24, 2.45) is 5.14 Å². The van der Waals surface area contributed by atoms with Crippen molar-refractivity contribution in [1.29, 1.82) is 0 Å². The maximum absolute atomic E-state index is 11.9. The van der Waals surface area contributed by atoms with Crippen LogP contribution >= 0.6 is 0 Å². The van der Waals surface area contributed by atoms with Crippen molar-refractivity contribution in [2.75, 3.05) is 13.1 Å². The van der Waals surface area contributed by atoms with Crippen molar-refractivity contribution in [3.05, 3.63) is 42.1 Å². The van der Waals surface area contributed by atoms with E-state index in [9.17, 15) is 13.2 Å². The Morgan fingerprint density at radius 1 is 1.32 bits per heavy atom. The second-order valence-corrected chi connectivity index (χ2v) is 7.38. The Morgan fingerprint density at radius 2 is 2.14 bits per heavy atom. The van der Waals surface area contributed by atoms with Crippen molar-refractivity contribution >= 4 is 26.8 Å². The molecule has 22 heavy (non-hydrogen) atoms. The molecule has 0 bridgehead atoms. The summed E-state index contributed by atoms with van der Waals surface area (Å²) in [5.74, 6) is -0.151. The number of nitrogens with zero attached hydrogens (tertiary/aromatic N) is 2. The van der Waals surface area contributed by atoms with Gasteiger partial charge in [0.15, 0.2) is 0 Å². The van der Waals surface area contributed by atoms with E-state index in [-0.39, 0.29) is 18.9 Å². The third-order valence-corrected chi connectivity index (χ3v) is 5.23. The number of carbonyl (C=O) groups excluding carboxylic acids is 1. The number of pyridine rings is 1. The summed E-state index contributed by atoms with van der Waals surface area (Å²) in [4.78, 5) is 17.7. The van der Waals surface area contributed by atoms with Gasteiger partial charge in [-0.1, -0.05) is 12.1 Å². The lowest BCUT2D eigenvalue weighted by Crippen LogP contribution is -2.33. The van der Waals surface area contributed by atoms with Gasteiger partial charge in [0, 0.05) is 31.1 Å². The first-order chi connectivity index (χ1) is 10.4. The second-order valence-electron chi connectivity index (χ2n) is 5.54. The number of amides is 1. The average molecular weight is 319 g/mol. The van der Waals surface area contributed by atoms with Crippen LogP contribution < -0.4 is 5.14 Å². The monoisotopic (exact) mass is 319 g/mol. The molecular weight excluding hydrogens is 302 g/mol. The third-order valence-electron chi connectivity index (χ3n) is 3.98. The van der Waals surface area contributed by atoms with Crippen LogP contribution in [0.1, 0.15) is 12.0 Å². The molecule has 1 fully saturated rings. The van der Waals surface area contributed by atoms with Gasteiger partial charge >= 0.3 is 0 Å². The lowest BCUT2D eigenvalue weighted by Gasteiger charge is -2.16. The Morgan fingerprint density at radius 3 is 2.86 bits per heavy atom. The van der Waals surface area contributed by atoms with Crippen molar-refractivity contribution in [3.8, 4) is 0 Å². The first kappa shape index (κ1) is 14.9. The van der Waals surface area contributed by atoms with Crippen LogP contribution in [0.2, 0.25) is 0 Å². The third kappa shape index (κ3) is 3.10. The number of hydrogen-bond donors (Lipinski definition) is 1. The first-order valence-electron chi connectivity index (χ1n) is 7.06. The van der Waals surface area contributed by atoms with Crippen LogP contribution in [-0.4, -0.2) is 42.5 Å². The van der Waals surface area contributed by atoms with E-state index < -0.39 is 15.3 Å². The summed E-state index contributed by atoms with van der Waals surface area (Å²) in [6.07, 6.45) is 2.41. The van der Waals surface area contributed by atoms with Gasteiger partial charge in [-0.2, -0.15) is 0 Å². The predicted molar refractivity (Wildman–Crippen MR) is 83.5 cm³/mol. The molecule has 2 N–H and O–H groups in total. The van der Waals surface area contributed by atoms with E-state index in [4.69, 9.17) is 5.14 Å². The molecule has 2 aromatic rings. The van der Waals surface area contributed by atoms with Gasteiger partial charge in [-0.05, 0) is 30.2 Å². The van der Waals surface area contributed by atoms with Gasteiger partial charge in [0.05, 0.1) is 5.52 Å². The minimum absolute atomic E-state index is 0.0134. The number of likely N-dealkylation sites (tertiary alicyclic amines) is 1. The minimum Gasteiger partial charge on any atom is -0.341 e. The van der Waals surface area contributed by atoms with Crippen LogP contribution in [0.3, 0.4) is 0 Å². The minimum atomic E-state index is -3.65. The van der Waals surface area contributed by atoms with E-state index in [1.54, 1.807) is 11.1 Å². The highest BCUT2D eigenvalue weighted by molar-refractivity contribution is 7.89. The molecule has 6 nitrogen and oxygen atoms in total. The molecule has 0 radical (unpaired) electrons. The number of nitrogens with two attached hydrogens (primary N) is 1. The average Bonchev–Trinajstić information content (AvgIpc) is 2.86. The molecule has 2 heterocycles. The highest BCUT2D eigenvalue weighted by Gasteiger charge is 2.35. The van der Waals surface area contributed by atoms with Crippen molar-refractivity contribution in [1.82, 2.24) is 9.88 Å². The highest BCUT2D eigenvalue weighted by Crippen LogP contribution is 2.18. The summed E-state index contributed by atoms with van der Waals surface area (Å²) in [5, 5.41) is 5.40. The molecule has 0 saturated carbocycles. The number of sulfonamides is 1. The summed E-state index contributed by atoms with van der Waals surface area (Å²) in [7, 11) is -3.65. The molecule has 7 heteroatoms. The molecule has 1 amide bonds. The van der Waals surface area contributed by atoms with Crippen LogP contribution in [0.25, 0.3) is 10.9 Å². The Balaban J connectivity index is 1.68. The molecule has 0 aliphatic carbocycles. The largest absolute Gasteiger partial charge is 0.341 e. The standard InChI is InChI=1S/C15H17N3O3S/c16-22(20,21)13-9-15(19)18(10-13)7-5-11-3-4-14-12(8-11)2-1-6-17-14/h1-4,6,8,13H,5,7,9-10H2,(H2,16,20,21). The smallest absolute Gasteiger partial charge is 0.224 e. The van der Waals surface area contributed by atoms with Crippen LogP contribution in [-0.2, 0) is 21.2 Å². The lowest BCUT2D eigenvalue weighted by molar-refractivity contribution is -0.127. The summed E-state index contributed by atoms with van der Waals surface area (Å²) < 4.78 is 22.7. The van der Waals surface area contributed by atoms with Crippen molar-refractivity contribution < 1.29 is 13.2 Å². The van der Waals surface area contributed by atoms with Gasteiger partial charge in [0.1, 0.15) is 5.25 Å². The van der Waals surface area contributed by atoms with E-state index in [0.29, 0.717) is 13.0 Å². The SMILES string of the molecule is NS(=O)(=O)C1CC(=O)N(CCc2ccc3ncccc3c2)C1. The van der Waals surface area contributed by atoms with Crippen molar-refractivity contribution in [3.63, 3.8) is 0 Å². The van der Waals surface area contributed by atoms with Crippen LogP contribution in [0.15, 0.2) is 36.5 Å². The maximum Gasteiger partial charge on any atom is 0.224 e. The summed E-state index contributed by atoms with van der Waals surface area (Å²) in [6, 6.07) is 9.84. The van der Waals surface area contributed by atoms with Crippen molar-refractivity contribution in [2.45, 2.75) is 18.1 Å². The molecule has 116 valence electrons. The van der Waals surface area contributed by atoms with Gasteiger partial charge in [0.25, 0.3) is 0 Å². The fourth-order valence-electron chi connectivity index (χ4n) is 2.72. The molecular formula is C15H17N3O3S. The number of fused-ring (bicyclic) bond motifs is 1. The second kappa shape index (κ2) is 5.66. The zero-order chi connectivity index (χ0) is 15.7. The van der Waals surface area contributed by atoms with E-state index >= 15 is 0 Å². The Kier molecular flexibility index (Phi) is 3.84.